The van der Waals surface area contributed by atoms with Gasteiger partial charge in [-0.2, -0.15) is 0 Å². The molecule has 4 aliphatic carbocycles. The fourth-order valence-corrected chi connectivity index (χ4v) is 7.34. The van der Waals surface area contributed by atoms with Gasteiger partial charge in [0, 0.05) is 11.1 Å². The second-order valence-electron chi connectivity index (χ2n) is 9.32. The Labute approximate surface area is 172 Å². The molecule has 0 aromatic heterocycles. The smallest absolute Gasteiger partial charge is 0.241 e. The van der Waals surface area contributed by atoms with Crippen molar-refractivity contribution in [2.24, 2.45) is 23.2 Å². The maximum absolute atomic E-state index is 12.8. The highest BCUT2D eigenvalue weighted by Crippen LogP contribution is 2.61. The van der Waals surface area contributed by atoms with Crippen LogP contribution in [-0.4, -0.2) is 33.2 Å². The molecule has 154 valence electrons. The summed E-state index contributed by atoms with van der Waals surface area (Å²) in [4.78, 5) is 12.8. The Balaban J connectivity index is 1.47. The van der Waals surface area contributed by atoms with E-state index in [1.807, 2.05) is 0 Å². The lowest BCUT2D eigenvalue weighted by atomic mass is 9.48. The average molecular weight is 425 g/mol. The first-order valence-electron chi connectivity index (χ1n) is 10.2. The highest BCUT2D eigenvalue weighted by Gasteiger charge is 2.53. The number of nitrogens with zero attached hydrogens (tertiary/aromatic N) is 1. The van der Waals surface area contributed by atoms with Gasteiger partial charge in [-0.25, -0.2) is 8.42 Å². The van der Waals surface area contributed by atoms with Crippen LogP contribution < -0.4 is 9.62 Å². The van der Waals surface area contributed by atoms with Gasteiger partial charge in [0.05, 0.1) is 11.9 Å². The topological polar surface area (TPSA) is 66.5 Å². The monoisotopic (exact) mass is 424 g/mol. The molecule has 0 radical (unpaired) electrons. The number of nitrogens with one attached hydrogen (secondary N) is 1. The lowest BCUT2D eigenvalue weighted by molar-refractivity contribution is -0.124. The van der Waals surface area contributed by atoms with Gasteiger partial charge in [0.1, 0.15) is 6.54 Å². The zero-order chi connectivity index (χ0) is 20.1. The number of rotatable bonds is 6. The molecular weight excluding hydrogens is 396 g/mol. The van der Waals surface area contributed by atoms with Gasteiger partial charge >= 0.3 is 0 Å². The molecule has 1 amide bonds. The van der Waals surface area contributed by atoms with Crippen LogP contribution in [0.1, 0.15) is 45.4 Å². The number of hydrogen-bond donors (Lipinski definition) is 1. The summed E-state index contributed by atoms with van der Waals surface area (Å²) >= 11 is 6.01. The molecule has 7 heteroatoms. The fourth-order valence-electron chi connectivity index (χ4n) is 6.31. The zero-order valence-electron chi connectivity index (χ0n) is 16.5. The third-order valence-electron chi connectivity index (χ3n) is 7.17. The SMILES string of the molecule is C[C@H](NC(=O)CN(c1cccc(Cl)c1)S(C)(=O)=O)C12CC3CC(CC(C3)C1)C2. The summed E-state index contributed by atoms with van der Waals surface area (Å²) in [6.45, 7) is 1.88. The van der Waals surface area contributed by atoms with E-state index < -0.39 is 10.0 Å². The van der Waals surface area contributed by atoms with Gasteiger partial charge < -0.3 is 5.32 Å². The number of carbonyl (C=O) groups excluding carboxylic acids is 1. The van der Waals surface area contributed by atoms with Crippen molar-refractivity contribution in [1.29, 1.82) is 0 Å². The van der Waals surface area contributed by atoms with Crippen LogP contribution in [0, 0.1) is 23.2 Å². The third kappa shape index (κ3) is 3.90. The van der Waals surface area contributed by atoms with Crippen molar-refractivity contribution in [1.82, 2.24) is 5.32 Å². The molecular formula is C21H29ClN2O3S. The van der Waals surface area contributed by atoms with E-state index in [1.54, 1.807) is 24.3 Å². The largest absolute Gasteiger partial charge is 0.352 e. The quantitative estimate of drug-likeness (QED) is 0.754. The van der Waals surface area contributed by atoms with Crippen molar-refractivity contribution in [3.05, 3.63) is 29.3 Å². The van der Waals surface area contributed by atoms with E-state index in [9.17, 15) is 13.2 Å². The van der Waals surface area contributed by atoms with Gasteiger partial charge in [0.15, 0.2) is 0 Å². The normalized spacial score (nSPS) is 32.2. The standard InChI is InChI=1S/C21H29ClN2O3S/c1-14(21-10-15-6-16(11-21)8-17(7-15)12-21)23-20(25)13-24(28(2,26)27)19-5-3-4-18(22)9-19/h3-5,9,14-17H,6-8,10-13H2,1-2H3,(H,23,25)/t14-,15?,16?,17?,21?/m0/s1. The van der Waals surface area contributed by atoms with E-state index in [1.165, 1.54) is 38.5 Å². The van der Waals surface area contributed by atoms with Crippen LogP contribution in [0.15, 0.2) is 24.3 Å². The van der Waals surface area contributed by atoms with Crippen molar-refractivity contribution in [3.8, 4) is 0 Å². The Kier molecular flexibility index (Phi) is 5.15. The van der Waals surface area contributed by atoms with Gasteiger partial charge in [-0.15, -0.1) is 0 Å². The van der Waals surface area contributed by atoms with Crippen molar-refractivity contribution in [2.75, 3.05) is 17.1 Å². The average Bonchev–Trinajstić information content (AvgIpc) is 2.57. The number of benzene rings is 1. The minimum Gasteiger partial charge on any atom is -0.352 e. The Morgan fingerprint density at radius 3 is 2.29 bits per heavy atom. The Hall–Kier alpha value is -1.27. The zero-order valence-corrected chi connectivity index (χ0v) is 18.1. The van der Waals surface area contributed by atoms with Gasteiger partial charge in [0.2, 0.25) is 15.9 Å². The molecule has 1 aromatic rings. The van der Waals surface area contributed by atoms with Gasteiger partial charge in [-0.05, 0) is 86.8 Å². The van der Waals surface area contributed by atoms with E-state index in [4.69, 9.17) is 11.6 Å². The van der Waals surface area contributed by atoms with Crippen LogP contribution in [0.4, 0.5) is 5.69 Å². The van der Waals surface area contributed by atoms with E-state index in [2.05, 4.69) is 12.2 Å². The predicted octanol–water partition coefficient (Wildman–Crippen LogP) is 3.83. The molecule has 1 N–H and O–H groups in total. The molecule has 4 saturated carbocycles. The second kappa shape index (κ2) is 7.21. The number of carbonyl (C=O) groups is 1. The first-order valence-corrected chi connectivity index (χ1v) is 12.4. The molecule has 0 spiro atoms. The lowest BCUT2D eigenvalue weighted by Crippen LogP contribution is -2.56. The van der Waals surface area contributed by atoms with Crippen LogP contribution in [0.2, 0.25) is 5.02 Å². The van der Waals surface area contributed by atoms with E-state index in [0.29, 0.717) is 10.7 Å². The molecule has 0 unspecified atom stereocenters. The first-order chi connectivity index (χ1) is 13.1. The van der Waals surface area contributed by atoms with Crippen molar-refractivity contribution >= 4 is 33.2 Å². The molecule has 4 aliphatic rings. The highest BCUT2D eigenvalue weighted by atomic mass is 35.5. The molecule has 0 heterocycles. The third-order valence-corrected chi connectivity index (χ3v) is 8.54. The molecule has 28 heavy (non-hydrogen) atoms. The maximum atomic E-state index is 12.8. The minimum atomic E-state index is -3.60. The molecule has 5 rings (SSSR count). The first kappa shape index (κ1) is 20.0. The number of amides is 1. The van der Waals surface area contributed by atoms with Crippen molar-refractivity contribution in [2.45, 2.75) is 51.5 Å². The van der Waals surface area contributed by atoms with Crippen LogP contribution >= 0.6 is 11.6 Å². The van der Waals surface area contributed by atoms with Crippen LogP contribution in [-0.2, 0) is 14.8 Å². The van der Waals surface area contributed by atoms with E-state index in [0.717, 1.165) is 28.3 Å². The fraction of sp³-hybridized carbons (Fsp3) is 0.667. The number of hydrogen-bond acceptors (Lipinski definition) is 3. The maximum Gasteiger partial charge on any atom is 0.241 e. The molecule has 4 bridgehead atoms. The molecule has 1 atom stereocenters. The van der Waals surface area contributed by atoms with Crippen LogP contribution in [0.3, 0.4) is 0 Å². The predicted molar refractivity (Wildman–Crippen MR) is 112 cm³/mol. The molecule has 4 fully saturated rings. The molecule has 1 aromatic carbocycles. The van der Waals surface area contributed by atoms with Gasteiger partial charge in [-0.1, -0.05) is 17.7 Å². The van der Waals surface area contributed by atoms with Gasteiger partial charge in [0.25, 0.3) is 0 Å². The number of halogens is 1. The highest BCUT2D eigenvalue weighted by molar-refractivity contribution is 7.92. The lowest BCUT2D eigenvalue weighted by Gasteiger charge is -2.59. The number of anilines is 1. The summed E-state index contributed by atoms with van der Waals surface area (Å²) < 4.78 is 25.7. The summed E-state index contributed by atoms with van der Waals surface area (Å²) in [6, 6.07) is 6.65. The van der Waals surface area contributed by atoms with Gasteiger partial charge in [-0.3, -0.25) is 9.10 Å². The van der Waals surface area contributed by atoms with Crippen molar-refractivity contribution < 1.29 is 13.2 Å². The summed E-state index contributed by atoms with van der Waals surface area (Å²) in [5.41, 5.74) is 0.601. The molecule has 0 aliphatic heterocycles. The van der Waals surface area contributed by atoms with Crippen LogP contribution in [0.5, 0.6) is 0 Å². The molecule has 5 nitrogen and oxygen atoms in total. The summed E-state index contributed by atoms with van der Waals surface area (Å²) in [6.07, 6.45) is 8.78. The second-order valence-corrected chi connectivity index (χ2v) is 11.7. The summed E-state index contributed by atoms with van der Waals surface area (Å²) in [7, 11) is -3.60. The van der Waals surface area contributed by atoms with Crippen LogP contribution in [0.25, 0.3) is 0 Å². The van der Waals surface area contributed by atoms with Crippen molar-refractivity contribution in [3.63, 3.8) is 0 Å². The number of sulfonamides is 1. The Morgan fingerprint density at radius 2 is 1.79 bits per heavy atom. The summed E-state index contributed by atoms with van der Waals surface area (Å²) in [5, 5.41) is 3.58. The molecule has 0 saturated heterocycles. The Bertz CT molecular complexity index is 835. The Morgan fingerprint density at radius 1 is 1.21 bits per heavy atom. The van der Waals surface area contributed by atoms with E-state index in [-0.39, 0.29) is 23.9 Å². The minimum absolute atomic E-state index is 0.0640. The summed E-state index contributed by atoms with van der Waals surface area (Å²) in [5.74, 6) is 2.17. The van der Waals surface area contributed by atoms with E-state index >= 15 is 0 Å².